The molecule has 0 aliphatic carbocycles. The van der Waals surface area contributed by atoms with Crippen LogP contribution in [0.4, 0.5) is 5.69 Å². The largest absolute Gasteiger partial charge is 0.493 e. The quantitative estimate of drug-likeness (QED) is 0.694. The highest BCUT2D eigenvalue weighted by atomic mass is 35.5. The number of ketones is 1. The van der Waals surface area contributed by atoms with Gasteiger partial charge in [0.2, 0.25) is 0 Å². The molecule has 4 nitrogen and oxygen atoms in total. The summed E-state index contributed by atoms with van der Waals surface area (Å²) in [5.74, 6) is 0.951. The predicted octanol–water partition coefficient (Wildman–Crippen LogP) is 3.48. The molecule has 0 aliphatic heterocycles. The molecule has 21 heavy (non-hydrogen) atoms. The summed E-state index contributed by atoms with van der Waals surface area (Å²) in [4.78, 5) is 12.6. The standard InChI is InChI=1S/C16H16ClNO3/c1-9-6-14(20-2)15(21-3)8-11(9)16(19)10-4-5-12(17)13(18)7-10/h4-8H,18H2,1-3H3. The lowest BCUT2D eigenvalue weighted by Crippen LogP contribution is -2.06. The lowest BCUT2D eigenvalue weighted by molar-refractivity contribution is 0.103. The van der Waals surface area contributed by atoms with Gasteiger partial charge >= 0.3 is 0 Å². The van der Waals surface area contributed by atoms with Crippen molar-refractivity contribution in [1.29, 1.82) is 0 Å². The minimum atomic E-state index is -0.142. The number of carbonyl (C=O) groups is 1. The summed E-state index contributed by atoms with van der Waals surface area (Å²) in [5.41, 5.74) is 7.94. The number of ether oxygens (including phenoxy) is 2. The summed E-state index contributed by atoms with van der Waals surface area (Å²) in [6.07, 6.45) is 0. The monoisotopic (exact) mass is 305 g/mol. The van der Waals surface area contributed by atoms with E-state index in [1.54, 1.807) is 37.4 Å². The van der Waals surface area contributed by atoms with Crippen molar-refractivity contribution in [2.24, 2.45) is 0 Å². The highest BCUT2D eigenvalue weighted by molar-refractivity contribution is 6.33. The highest BCUT2D eigenvalue weighted by Crippen LogP contribution is 2.31. The minimum Gasteiger partial charge on any atom is -0.493 e. The van der Waals surface area contributed by atoms with Crippen molar-refractivity contribution >= 4 is 23.1 Å². The van der Waals surface area contributed by atoms with E-state index in [4.69, 9.17) is 26.8 Å². The molecular weight excluding hydrogens is 290 g/mol. The normalized spacial score (nSPS) is 10.3. The number of aryl methyl sites for hydroxylation is 1. The van der Waals surface area contributed by atoms with Crippen LogP contribution in [0, 0.1) is 6.92 Å². The molecule has 0 radical (unpaired) electrons. The van der Waals surface area contributed by atoms with Crippen LogP contribution in [-0.4, -0.2) is 20.0 Å². The van der Waals surface area contributed by atoms with Crippen LogP contribution < -0.4 is 15.2 Å². The Balaban J connectivity index is 2.50. The van der Waals surface area contributed by atoms with Crippen LogP contribution in [0.25, 0.3) is 0 Å². The maximum atomic E-state index is 12.6. The van der Waals surface area contributed by atoms with Crippen molar-refractivity contribution in [2.45, 2.75) is 6.92 Å². The van der Waals surface area contributed by atoms with Crippen LogP contribution in [0.2, 0.25) is 5.02 Å². The Bertz CT molecular complexity index is 698. The van der Waals surface area contributed by atoms with E-state index in [0.717, 1.165) is 5.56 Å². The molecule has 0 saturated carbocycles. The molecule has 0 saturated heterocycles. The molecular formula is C16H16ClNO3. The average Bonchev–Trinajstić information content (AvgIpc) is 2.49. The number of benzene rings is 2. The van der Waals surface area contributed by atoms with Gasteiger partial charge in [0.05, 0.1) is 24.9 Å². The van der Waals surface area contributed by atoms with E-state index >= 15 is 0 Å². The van der Waals surface area contributed by atoms with Gasteiger partial charge in [0.1, 0.15) is 0 Å². The molecule has 0 spiro atoms. The van der Waals surface area contributed by atoms with Crippen LogP contribution in [0.5, 0.6) is 11.5 Å². The third kappa shape index (κ3) is 2.95. The molecule has 0 heterocycles. The van der Waals surface area contributed by atoms with Gasteiger partial charge in [0.15, 0.2) is 17.3 Å². The van der Waals surface area contributed by atoms with Gasteiger partial charge in [-0.3, -0.25) is 4.79 Å². The second kappa shape index (κ2) is 6.06. The Morgan fingerprint density at radius 1 is 1.10 bits per heavy atom. The molecule has 0 unspecified atom stereocenters. The van der Waals surface area contributed by atoms with Crippen molar-refractivity contribution in [3.63, 3.8) is 0 Å². The molecule has 0 bridgehead atoms. The molecule has 0 aromatic heterocycles. The van der Waals surface area contributed by atoms with E-state index in [0.29, 0.717) is 33.3 Å². The Kier molecular flexibility index (Phi) is 4.38. The first-order valence-electron chi connectivity index (χ1n) is 6.30. The van der Waals surface area contributed by atoms with Gasteiger partial charge in [-0.25, -0.2) is 0 Å². The summed E-state index contributed by atoms with van der Waals surface area (Å²) in [5, 5.41) is 0.426. The molecule has 2 rings (SSSR count). The molecule has 0 atom stereocenters. The Morgan fingerprint density at radius 3 is 2.29 bits per heavy atom. The lowest BCUT2D eigenvalue weighted by atomic mass is 9.98. The van der Waals surface area contributed by atoms with E-state index in [1.807, 2.05) is 6.92 Å². The first kappa shape index (κ1) is 15.2. The fraction of sp³-hybridized carbons (Fsp3) is 0.188. The molecule has 0 amide bonds. The third-order valence-corrected chi connectivity index (χ3v) is 3.58. The number of hydrogen-bond donors (Lipinski definition) is 1. The zero-order valence-corrected chi connectivity index (χ0v) is 12.8. The van der Waals surface area contributed by atoms with Crippen LogP contribution in [0.15, 0.2) is 30.3 Å². The molecule has 0 aliphatic rings. The summed E-state index contributed by atoms with van der Waals surface area (Å²) >= 11 is 5.88. The second-order valence-electron chi connectivity index (χ2n) is 4.59. The molecule has 2 aromatic carbocycles. The SMILES string of the molecule is COc1cc(C)c(C(=O)c2ccc(Cl)c(N)c2)cc1OC. The molecule has 2 N–H and O–H groups in total. The molecule has 0 fully saturated rings. The number of carbonyl (C=O) groups excluding carboxylic acids is 1. The van der Waals surface area contributed by atoms with E-state index in [1.165, 1.54) is 7.11 Å². The number of hydrogen-bond acceptors (Lipinski definition) is 4. The van der Waals surface area contributed by atoms with Gasteiger partial charge in [-0.1, -0.05) is 11.6 Å². The fourth-order valence-electron chi connectivity index (χ4n) is 2.07. The van der Waals surface area contributed by atoms with Gasteiger partial charge in [-0.2, -0.15) is 0 Å². The molecule has 110 valence electrons. The average molecular weight is 306 g/mol. The zero-order valence-electron chi connectivity index (χ0n) is 12.1. The zero-order chi connectivity index (χ0) is 15.6. The summed E-state index contributed by atoms with van der Waals surface area (Å²) in [6.45, 7) is 1.84. The summed E-state index contributed by atoms with van der Waals surface area (Å²) in [6, 6.07) is 8.27. The van der Waals surface area contributed by atoms with Gasteiger partial charge in [0.25, 0.3) is 0 Å². The summed E-state index contributed by atoms with van der Waals surface area (Å²) in [7, 11) is 3.08. The van der Waals surface area contributed by atoms with Crippen LogP contribution in [0.3, 0.4) is 0 Å². The van der Waals surface area contributed by atoms with Crippen molar-refractivity contribution in [3.05, 3.63) is 52.0 Å². The molecule has 5 heteroatoms. The van der Waals surface area contributed by atoms with Crippen molar-refractivity contribution in [2.75, 3.05) is 20.0 Å². The Labute approximate surface area is 128 Å². The maximum absolute atomic E-state index is 12.6. The second-order valence-corrected chi connectivity index (χ2v) is 4.99. The number of halogens is 1. The van der Waals surface area contributed by atoms with Gasteiger partial charge in [0, 0.05) is 11.1 Å². The van der Waals surface area contributed by atoms with E-state index in [2.05, 4.69) is 0 Å². The number of nitrogens with two attached hydrogens (primary N) is 1. The topological polar surface area (TPSA) is 61.5 Å². The van der Waals surface area contributed by atoms with E-state index in [9.17, 15) is 4.79 Å². The minimum absolute atomic E-state index is 0.142. The van der Waals surface area contributed by atoms with Crippen LogP contribution in [0.1, 0.15) is 21.5 Å². The predicted molar refractivity (Wildman–Crippen MR) is 83.6 cm³/mol. The first-order chi connectivity index (χ1) is 9.97. The van der Waals surface area contributed by atoms with Gasteiger partial charge in [-0.05, 0) is 42.8 Å². The van der Waals surface area contributed by atoms with E-state index < -0.39 is 0 Å². The number of methoxy groups -OCH3 is 2. The van der Waals surface area contributed by atoms with E-state index in [-0.39, 0.29) is 5.78 Å². The van der Waals surface area contributed by atoms with Gasteiger partial charge < -0.3 is 15.2 Å². The summed E-state index contributed by atoms with van der Waals surface area (Å²) < 4.78 is 10.5. The number of anilines is 1. The first-order valence-corrected chi connectivity index (χ1v) is 6.68. The lowest BCUT2D eigenvalue weighted by Gasteiger charge is -2.12. The smallest absolute Gasteiger partial charge is 0.193 e. The Hall–Kier alpha value is -2.20. The number of rotatable bonds is 4. The highest BCUT2D eigenvalue weighted by Gasteiger charge is 2.16. The third-order valence-electron chi connectivity index (χ3n) is 3.23. The fourth-order valence-corrected chi connectivity index (χ4v) is 2.18. The molecule has 2 aromatic rings. The van der Waals surface area contributed by atoms with Crippen molar-refractivity contribution in [1.82, 2.24) is 0 Å². The Morgan fingerprint density at radius 2 is 1.71 bits per heavy atom. The van der Waals surface area contributed by atoms with Crippen molar-refractivity contribution in [3.8, 4) is 11.5 Å². The number of nitrogen functional groups attached to an aromatic ring is 1. The maximum Gasteiger partial charge on any atom is 0.193 e. The van der Waals surface area contributed by atoms with Crippen molar-refractivity contribution < 1.29 is 14.3 Å². The van der Waals surface area contributed by atoms with Crippen LogP contribution >= 0.6 is 11.6 Å². The van der Waals surface area contributed by atoms with Crippen LogP contribution in [-0.2, 0) is 0 Å². The van der Waals surface area contributed by atoms with Gasteiger partial charge in [-0.15, -0.1) is 0 Å².